The highest BCUT2D eigenvalue weighted by atomic mass is 32.2. The Morgan fingerprint density at radius 1 is 0.911 bits per heavy atom. The molecule has 19 atom stereocenters. The Morgan fingerprint density at radius 3 is 2.22 bits per heavy atom. The number of Topliss-reactive ketones (excluding diaryl/α,β-unsaturated/α-hetero) is 1. The zero-order valence-electron chi connectivity index (χ0n) is 48.8. The third kappa shape index (κ3) is 14.2. The van der Waals surface area contributed by atoms with Crippen LogP contribution in [0.1, 0.15) is 130 Å². The number of alkyl carbamates (subject to hydrolysis) is 1. The van der Waals surface area contributed by atoms with Gasteiger partial charge in [0.25, 0.3) is 0 Å². The Hall–Kier alpha value is -3.78. The lowest BCUT2D eigenvalue weighted by atomic mass is 9.74. The molecule has 4 aliphatic rings. The molecule has 3 saturated heterocycles. The number of methoxy groups -OCH3 is 2. The molecule has 0 saturated carbocycles. The number of cyclic esters (lactones) is 1. The van der Waals surface area contributed by atoms with Crippen molar-refractivity contribution < 1.29 is 82.2 Å². The Bertz CT molecular complexity index is 2510. The molecule has 2 aromatic rings. The van der Waals surface area contributed by atoms with Gasteiger partial charge in [-0.1, -0.05) is 27.7 Å². The van der Waals surface area contributed by atoms with E-state index in [0.717, 1.165) is 28.8 Å². The largest absolute Gasteiger partial charge is 0.477 e. The Balaban J connectivity index is 1.16. The maximum Gasteiger partial charge on any atom is 0.407 e. The zero-order chi connectivity index (χ0) is 58.6. The Kier molecular flexibility index (Phi) is 21.7. The van der Waals surface area contributed by atoms with E-state index >= 15 is 0 Å². The van der Waals surface area contributed by atoms with Crippen molar-refractivity contribution in [2.75, 3.05) is 53.8 Å². The van der Waals surface area contributed by atoms with Gasteiger partial charge < -0.3 is 77.8 Å². The number of rotatable bonds is 17. The fourth-order valence-electron chi connectivity index (χ4n) is 12.3. The number of hydrogen-bond donors (Lipinski definition) is 5. The summed E-state index contributed by atoms with van der Waals surface area (Å²) in [6, 6.07) is 3.52. The van der Waals surface area contributed by atoms with Crippen molar-refractivity contribution in [3.8, 4) is 0 Å². The fourth-order valence-corrected chi connectivity index (χ4v) is 13.2. The molecule has 1 aromatic carbocycles. The van der Waals surface area contributed by atoms with E-state index in [9.17, 15) is 44.4 Å². The first-order chi connectivity index (χ1) is 37.0. The number of likely N-dealkylation sites (N-methyl/N-ethyl adjacent to an activating group) is 1. The van der Waals surface area contributed by atoms with Crippen molar-refractivity contribution in [1.82, 2.24) is 14.8 Å². The molecule has 4 aliphatic heterocycles. The molecule has 5 heterocycles. The van der Waals surface area contributed by atoms with Gasteiger partial charge in [-0.2, -0.15) is 0 Å². The maximum atomic E-state index is 14.6. The van der Waals surface area contributed by atoms with Gasteiger partial charge in [-0.3, -0.25) is 14.4 Å². The van der Waals surface area contributed by atoms with E-state index < -0.39 is 119 Å². The summed E-state index contributed by atoms with van der Waals surface area (Å²) in [6.45, 7) is 19.5. The van der Waals surface area contributed by atoms with Gasteiger partial charge in [0.15, 0.2) is 18.7 Å². The molecular weight excluding hydrogens is 1050 g/mol. The summed E-state index contributed by atoms with van der Waals surface area (Å²) < 4.78 is 58.9. The van der Waals surface area contributed by atoms with E-state index in [2.05, 4.69) is 5.32 Å². The number of esters is 1. The number of aliphatic hydroxyl groups is 3. The molecule has 0 radical (unpaired) electrons. The van der Waals surface area contributed by atoms with Crippen LogP contribution < -0.4 is 10.7 Å². The minimum Gasteiger partial charge on any atom is -0.477 e. The average Bonchev–Trinajstić information content (AvgIpc) is 3.61. The first kappa shape index (κ1) is 64.4. The number of benzene rings is 1. The number of hydrogen-bond acceptors (Lipinski definition) is 19. The van der Waals surface area contributed by atoms with Gasteiger partial charge in [0.2, 0.25) is 5.43 Å². The number of aryl methyl sites for hydroxylation is 1. The predicted molar refractivity (Wildman–Crippen MR) is 293 cm³/mol. The van der Waals surface area contributed by atoms with Crippen molar-refractivity contribution >= 4 is 46.5 Å². The monoisotopic (exact) mass is 1140 g/mol. The van der Waals surface area contributed by atoms with Crippen LogP contribution in [0.5, 0.6) is 0 Å². The highest BCUT2D eigenvalue weighted by Crippen LogP contribution is 2.43. The van der Waals surface area contributed by atoms with Crippen molar-refractivity contribution in [2.45, 2.75) is 210 Å². The first-order valence-corrected chi connectivity index (χ1v) is 28.8. The van der Waals surface area contributed by atoms with Gasteiger partial charge in [0.1, 0.15) is 34.8 Å². The summed E-state index contributed by atoms with van der Waals surface area (Å²) in [7, 11) is 6.69. The van der Waals surface area contributed by atoms with Crippen molar-refractivity contribution in [1.29, 1.82) is 0 Å². The van der Waals surface area contributed by atoms with E-state index in [1.807, 2.05) is 50.4 Å². The summed E-state index contributed by atoms with van der Waals surface area (Å²) >= 11 is 1.49. The maximum absolute atomic E-state index is 14.6. The number of nitrogens with one attached hydrogen (secondary N) is 1. The molecule has 79 heavy (non-hydrogen) atoms. The molecule has 2 unspecified atom stereocenters. The predicted octanol–water partition coefficient (Wildman–Crippen LogP) is 5.50. The lowest BCUT2D eigenvalue weighted by Gasteiger charge is -2.50. The highest BCUT2D eigenvalue weighted by Gasteiger charge is 2.55. The third-order valence-electron chi connectivity index (χ3n) is 17.2. The van der Waals surface area contributed by atoms with Crippen molar-refractivity contribution in [3.05, 3.63) is 39.7 Å². The third-order valence-corrected chi connectivity index (χ3v) is 18.1. The second-order valence-electron chi connectivity index (χ2n) is 23.4. The molecule has 6 rings (SSSR count). The van der Waals surface area contributed by atoms with Crippen LogP contribution in [0.2, 0.25) is 0 Å². The van der Waals surface area contributed by atoms with E-state index in [1.165, 1.54) is 46.0 Å². The van der Waals surface area contributed by atoms with Gasteiger partial charge in [0, 0.05) is 79.3 Å². The van der Waals surface area contributed by atoms with Gasteiger partial charge in [0.05, 0.1) is 60.8 Å². The van der Waals surface area contributed by atoms with Crippen LogP contribution in [0.3, 0.4) is 0 Å². The van der Waals surface area contributed by atoms with Crippen LogP contribution in [0.4, 0.5) is 4.79 Å². The van der Waals surface area contributed by atoms with Crippen LogP contribution in [-0.2, 0) is 58.6 Å². The van der Waals surface area contributed by atoms with Gasteiger partial charge in [-0.25, -0.2) is 9.59 Å². The number of aromatic nitrogens is 1. The van der Waals surface area contributed by atoms with Gasteiger partial charge >= 0.3 is 18.0 Å². The van der Waals surface area contributed by atoms with Crippen LogP contribution in [0, 0.1) is 23.7 Å². The molecule has 3 fully saturated rings. The second kappa shape index (κ2) is 26.6. The number of pyridine rings is 1. The number of ketones is 1. The molecule has 0 bridgehead atoms. The molecule has 0 aliphatic carbocycles. The quantitative estimate of drug-likeness (QED) is 0.0743. The number of aliphatic hydroxyl groups excluding tert-OH is 2. The lowest BCUT2D eigenvalue weighted by Crippen LogP contribution is -2.62. The topological polar surface area (TPSA) is 270 Å². The number of thioether (sulfide) groups is 1. The van der Waals surface area contributed by atoms with Gasteiger partial charge in [-0.15, -0.1) is 11.8 Å². The SMILES string of the molecule is CC[C@H]1OC(=O)[C@H](C)[C@@H](O[C@H]2C[C@@](C)(OC)[C@@H](OC(=O)NCCOCCSc3cc4c5c(c3)c(=O)c(C(=O)O)cn5C(C)CC4)[C@H](C)O2)[C@H](C)[C@@H](OC2O[C@H](C)C[C@H](N(C)C)[C@H]2O)[C@](C)(OC)C[C@@H](C)C(=O)[C@H](C)[C@@H](O)[C@]1(C)O. The number of aromatic carboxylic acids is 1. The summed E-state index contributed by atoms with van der Waals surface area (Å²) in [6.07, 6.45) is -7.52. The Labute approximate surface area is 468 Å². The number of carboxylic acid groups (broad SMARTS) is 1. The zero-order valence-corrected chi connectivity index (χ0v) is 49.7. The van der Waals surface area contributed by atoms with Crippen molar-refractivity contribution in [2.24, 2.45) is 23.7 Å². The van der Waals surface area contributed by atoms with Crippen LogP contribution >= 0.6 is 11.8 Å². The average molecular weight is 1140 g/mol. The molecule has 21 nitrogen and oxygen atoms in total. The fraction of sp³-hybridized carbons (Fsp3) is 0.772. The normalized spacial score (nSPS) is 37.8. The number of amides is 1. The van der Waals surface area contributed by atoms with Crippen LogP contribution in [-0.4, -0.2) is 192 Å². The summed E-state index contributed by atoms with van der Waals surface area (Å²) in [5, 5.41) is 48.1. The number of carboxylic acids is 1. The van der Waals surface area contributed by atoms with E-state index in [4.69, 9.17) is 42.6 Å². The second-order valence-corrected chi connectivity index (χ2v) is 24.5. The van der Waals surface area contributed by atoms with E-state index in [-0.39, 0.29) is 61.9 Å². The van der Waals surface area contributed by atoms with Gasteiger partial charge in [-0.05, 0) is 112 Å². The smallest absolute Gasteiger partial charge is 0.407 e. The van der Waals surface area contributed by atoms with E-state index in [0.29, 0.717) is 24.2 Å². The van der Waals surface area contributed by atoms with Crippen molar-refractivity contribution in [3.63, 3.8) is 0 Å². The minimum absolute atomic E-state index is 0.00763. The molecule has 1 aromatic heterocycles. The molecule has 5 N–H and O–H groups in total. The van der Waals surface area contributed by atoms with Crippen LogP contribution in [0.15, 0.2) is 28.0 Å². The summed E-state index contributed by atoms with van der Waals surface area (Å²) in [4.78, 5) is 70.1. The summed E-state index contributed by atoms with van der Waals surface area (Å²) in [5.74, 6) is -5.61. The molecule has 22 heteroatoms. The highest BCUT2D eigenvalue weighted by molar-refractivity contribution is 7.99. The molecule has 0 spiro atoms. The Morgan fingerprint density at radius 2 is 1.58 bits per heavy atom. The number of ether oxygens (including phenoxy) is 9. The number of carbonyl (C=O) groups excluding carboxylic acids is 3. The number of nitrogens with zero attached hydrogens (tertiary/aromatic N) is 2. The standard InChI is InChI=1S/C57H89N3O18S/c1-16-41-57(11,69)48(64)32(5)44(61)29(2)26-55(9,70-14)49(77-53-46(63)40(59(12)13)23-31(4)73-53)33(6)47(34(7)52(67)75-41)76-42-27-56(10,71-15)50(35(8)74-42)78-54(68)58-19-20-72-21-22-79-37-24-36-18-17-30(3)60-28-39(51(65)66)45(62)38(25-37)43(36)60/h24-25,28-35,40-42,46-50,53,63-64,69H,16-23,26-27H2,1-15H3,(H,58,68)(H,65,66)/t29-,30?,31-,32+,33+,34-,35+,40+,41-,42+,46-,47+,48-,49-,50+,53?,55-,56-,57-/m1/s1. The summed E-state index contributed by atoms with van der Waals surface area (Å²) in [5.41, 5.74) is -3.56. The van der Waals surface area contributed by atoms with Crippen LogP contribution in [0.25, 0.3) is 10.9 Å². The minimum atomic E-state index is -2.03. The lowest BCUT2D eigenvalue weighted by molar-refractivity contribution is -0.319. The molecule has 1 amide bonds. The number of carbonyl (C=O) groups is 4. The molecular formula is C57H89N3O18S. The first-order valence-electron chi connectivity index (χ1n) is 27.8. The molecule has 446 valence electrons. The van der Waals surface area contributed by atoms with E-state index in [1.54, 1.807) is 47.6 Å².